The zero-order valence-electron chi connectivity index (χ0n) is 16.2. The van der Waals surface area contributed by atoms with Crippen molar-refractivity contribution >= 4 is 28.3 Å². The van der Waals surface area contributed by atoms with Crippen molar-refractivity contribution in [2.24, 2.45) is 0 Å². The van der Waals surface area contributed by atoms with E-state index in [0.29, 0.717) is 24.5 Å². The molecule has 6 heteroatoms. The second kappa shape index (κ2) is 10.1. The minimum Gasteiger partial charge on any atom is -0.497 e. The highest BCUT2D eigenvalue weighted by Crippen LogP contribution is 2.19. The lowest BCUT2D eigenvalue weighted by atomic mass is 10.1. The summed E-state index contributed by atoms with van der Waals surface area (Å²) < 4.78 is 15.7. The third-order valence-electron chi connectivity index (χ3n) is 4.25. The Bertz CT molecular complexity index is 968. The van der Waals surface area contributed by atoms with Crippen molar-refractivity contribution in [3.8, 4) is 11.5 Å². The molecule has 3 rings (SSSR count). The first-order valence-corrected chi connectivity index (χ1v) is 9.35. The van der Waals surface area contributed by atoms with Crippen molar-refractivity contribution in [3.63, 3.8) is 0 Å². The molecule has 0 heterocycles. The Balaban J connectivity index is 1.34. The van der Waals surface area contributed by atoms with Gasteiger partial charge in [0.15, 0.2) is 6.61 Å². The molecule has 0 aliphatic heterocycles. The average Bonchev–Trinajstić information content (AvgIpc) is 2.75. The number of nitrogens with one attached hydrogen (secondary N) is 1. The molecular formula is C23H23NO5. The third kappa shape index (κ3) is 6.24. The van der Waals surface area contributed by atoms with Crippen LogP contribution in [0.15, 0.2) is 66.7 Å². The minimum absolute atomic E-state index is 0.180. The molecule has 6 nitrogen and oxygen atoms in total. The quantitative estimate of drug-likeness (QED) is 0.436. The molecule has 0 saturated heterocycles. The Morgan fingerprint density at radius 3 is 2.38 bits per heavy atom. The van der Waals surface area contributed by atoms with Gasteiger partial charge < -0.3 is 19.5 Å². The number of fused-ring (bicyclic) bond motifs is 1. The van der Waals surface area contributed by atoms with Crippen molar-refractivity contribution in [2.45, 2.75) is 12.8 Å². The summed E-state index contributed by atoms with van der Waals surface area (Å²) in [6.45, 7) is 0.0652. The molecule has 0 spiro atoms. The molecule has 1 amide bonds. The summed E-state index contributed by atoms with van der Waals surface area (Å²) in [5.41, 5.74) is 0.664. The molecule has 29 heavy (non-hydrogen) atoms. The molecule has 0 unspecified atom stereocenters. The smallest absolute Gasteiger partial charge is 0.306 e. The van der Waals surface area contributed by atoms with E-state index >= 15 is 0 Å². The van der Waals surface area contributed by atoms with Crippen LogP contribution in [0.4, 0.5) is 5.69 Å². The van der Waals surface area contributed by atoms with Gasteiger partial charge in [-0.1, -0.05) is 30.3 Å². The monoisotopic (exact) mass is 393 g/mol. The number of methoxy groups -OCH3 is 1. The Morgan fingerprint density at radius 1 is 0.897 bits per heavy atom. The van der Waals surface area contributed by atoms with Crippen molar-refractivity contribution in [3.05, 3.63) is 66.7 Å². The number of ether oxygens (including phenoxy) is 3. The SMILES string of the molecule is COc1ccc(OCCCC(=O)OCC(=O)Nc2ccc3ccccc3c2)cc1. The fraction of sp³-hybridized carbons (Fsp3) is 0.217. The minimum atomic E-state index is -0.433. The number of amides is 1. The van der Waals surface area contributed by atoms with E-state index in [0.717, 1.165) is 16.5 Å². The predicted octanol–water partition coefficient (Wildman–Crippen LogP) is 4.19. The molecule has 150 valence electrons. The van der Waals surface area contributed by atoms with E-state index in [1.54, 1.807) is 31.4 Å². The first-order chi connectivity index (χ1) is 14.1. The summed E-state index contributed by atoms with van der Waals surface area (Å²) in [7, 11) is 1.60. The highest BCUT2D eigenvalue weighted by atomic mass is 16.5. The van der Waals surface area contributed by atoms with Gasteiger partial charge in [-0.3, -0.25) is 9.59 Å². The number of hydrogen-bond donors (Lipinski definition) is 1. The van der Waals surface area contributed by atoms with Gasteiger partial charge in [-0.15, -0.1) is 0 Å². The van der Waals surface area contributed by atoms with Gasteiger partial charge in [0.2, 0.25) is 0 Å². The summed E-state index contributed by atoms with van der Waals surface area (Å²) in [5, 5.41) is 4.85. The molecule has 3 aromatic carbocycles. The molecule has 0 radical (unpaired) electrons. The van der Waals surface area contributed by atoms with Gasteiger partial charge in [0.25, 0.3) is 5.91 Å². The highest BCUT2D eigenvalue weighted by molar-refractivity contribution is 5.95. The standard InChI is InChI=1S/C23H23NO5/c1-27-20-10-12-21(13-11-20)28-14-4-7-23(26)29-16-22(25)24-19-9-8-17-5-2-3-6-18(17)15-19/h2-3,5-6,8-13,15H,4,7,14,16H2,1H3,(H,24,25). The summed E-state index contributed by atoms with van der Waals surface area (Å²) >= 11 is 0. The second-order valence-electron chi connectivity index (χ2n) is 6.40. The molecule has 0 aliphatic rings. The number of benzene rings is 3. The number of esters is 1. The Kier molecular flexibility index (Phi) is 7.05. The second-order valence-corrected chi connectivity index (χ2v) is 6.40. The van der Waals surface area contributed by atoms with E-state index in [1.807, 2.05) is 42.5 Å². The van der Waals surface area contributed by atoms with Gasteiger partial charge in [0, 0.05) is 12.1 Å². The molecular weight excluding hydrogens is 370 g/mol. The van der Waals surface area contributed by atoms with Crippen LogP contribution < -0.4 is 14.8 Å². The summed E-state index contributed by atoms with van der Waals surface area (Å²) in [5.74, 6) is 0.650. The van der Waals surface area contributed by atoms with E-state index in [9.17, 15) is 9.59 Å². The van der Waals surface area contributed by atoms with Gasteiger partial charge >= 0.3 is 5.97 Å². The number of rotatable bonds is 9. The average molecular weight is 393 g/mol. The number of carbonyl (C=O) groups excluding carboxylic acids is 2. The van der Waals surface area contributed by atoms with Crippen LogP contribution in [0.3, 0.4) is 0 Å². The van der Waals surface area contributed by atoms with Gasteiger partial charge in [0.05, 0.1) is 13.7 Å². The molecule has 0 saturated carbocycles. The van der Waals surface area contributed by atoms with Crippen molar-refractivity contribution < 1.29 is 23.8 Å². The Labute approximate surface area is 169 Å². The Hall–Kier alpha value is -3.54. The lowest BCUT2D eigenvalue weighted by Gasteiger charge is -2.08. The first kappa shape index (κ1) is 20.2. The molecule has 3 aromatic rings. The third-order valence-corrected chi connectivity index (χ3v) is 4.25. The van der Waals surface area contributed by atoms with Crippen LogP contribution in [0, 0.1) is 0 Å². The molecule has 0 aromatic heterocycles. The molecule has 0 bridgehead atoms. The van der Waals surface area contributed by atoms with E-state index in [1.165, 1.54) is 0 Å². The topological polar surface area (TPSA) is 73.9 Å². The van der Waals surface area contributed by atoms with E-state index < -0.39 is 5.97 Å². The Morgan fingerprint density at radius 2 is 1.62 bits per heavy atom. The zero-order valence-corrected chi connectivity index (χ0v) is 16.2. The van der Waals surface area contributed by atoms with Crippen LogP contribution in [0.5, 0.6) is 11.5 Å². The highest BCUT2D eigenvalue weighted by Gasteiger charge is 2.08. The van der Waals surface area contributed by atoms with Crippen LogP contribution in [0.1, 0.15) is 12.8 Å². The van der Waals surface area contributed by atoms with Crippen molar-refractivity contribution in [1.82, 2.24) is 0 Å². The van der Waals surface area contributed by atoms with E-state index in [2.05, 4.69) is 5.32 Å². The van der Waals surface area contributed by atoms with Gasteiger partial charge in [-0.25, -0.2) is 0 Å². The van der Waals surface area contributed by atoms with Crippen LogP contribution in [-0.4, -0.2) is 32.2 Å². The lowest BCUT2D eigenvalue weighted by Crippen LogP contribution is -2.21. The van der Waals surface area contributed by atoms with E-state index in [4.69, 9.17) is 14.2 Å². The van der Waals surface area contributed by atoms with Gasteiger partial charge in [-0.2, -0.15) is 0 Å². The molecule has 1 N–H and O–H groups in total. The van der Waals surface area contributed by atoms with Crippen molar-refractivity contribution in [2.75, 3.05) is 25.6 Å². The summed E-state index contributed by atoms with van der Waals surface area (Å²) in [6.07, 6.45) is 0.677. The number of anilines is 1. The summed E-state index contributed by atoms with van der Waals surface area (Å²) in [6, 6.07) is 20.7. The lowest BCUT2D eigenvalue weighted by molar-refractivity contribution is -0.147. The maximum Gasteiger partial charge on any atom is 0.306 e. The molecule has 0 atom stereocenters. The molecule has 0 fully saturated rings. The predicted molar refractivity (Wildman–Crippen MR) is 111 cm³/mol. The fourth-order valence-corrected chi connectivity index (χ4v) is 2.76. The van der Waals surface area contributed by atoms with Gasteiger partial charge in [0.1, 0.15) is 11.5 Å². The number of carbonyl (C=O) groups is 2. The maximum atomic E-state index is 12.0. The normalized spacial score (nSPS) is 10.4. The van der Waals surface area contributed by atoms with Crippen LogP contribution in [0.2, 0.25) is 0 Å². The van der Waals surface area contributed by atoms with Crippen LogP contribution >= 0.6 is 0 Å². The molecule has 0 aliphatic carbocycles. The summed E-state index contributed by atoms with van der Waals surface area (Å²) in [4.78, 5) is 23.8. The largest absolute Gasteiger partial charge is 0.497 e. The van der Waals surface area contributed by atoms with Crippen LogP contribution in [0.25, 0.3) is 10.8 Å². The van der Waals surface area contributed by atoms with Crippen LogP contribution in [-0.2, 0) is 14.3 Å². The fourth-order valence-electron chi connectivity index (χ4n) is 2.76. The zero-order chi connectivity index (χ0) is 20.5. The first-order valence-electron chi connectivity index (χ1n) is 9.35. The van der Waals surface area contributed by atoms with Crippen molar-refractivity contribution in [1.29, 1.82) is 0 Å². The maximum absolute atomic E-state index is 12.0. The van der Waals surface area contributed by atoms with Gasteiger partial charge in [-0.05, 0) is 53.6 Å². The number of hydrogen-bond acceptors (Lipinski definition) is 5. The van der Waals surface area contributed by atoms with E-state index in [-0.39, 0.29) is 18.9 Å².